The number of amides is 1. The topological polar surface area (TPSA) is 149 Å². The third kappa shape index (κ3) is 31.2. The van der Waals surface area contributed by atoms with Gasteiger partial charge in [-0.25, -0.2) is 0 Å². The molecule has 0 spiro atoms. The van der Waals surface area contributed by atoms with Gasteiger partial charge in [-0.1, -0.05) is 205 Å². The summed E-state index contributed by atoms with van der Waals surface area (Å²) in [5.74, 6) is -0.177. The minimum atomic E-state index is -1.56. The van der Waals surface area contributed by atoms with Crippen LogP contribution in [0.1, 0.15) is 232 Å². The minimum absolute atomic E-state index is 0.177. The number of hydrogen-bond donors (Lipinski definition) is 6. The smallest absolute Gasteiger partial charge is 0.220 e. The molecule has 6 N–H and O–H groups in total. The SMILES string of the molecule is CCCCCCCCC/C=C/C(O)C(COC1OC(CO)C(O)C(O)C1O)NC(=O)CCCCCCCCCCCCCCCCC/C=C\CCCCCCCCCC. The Balaban J connectivity index is 2.15. The molecule has 0 aromatic heterocycles. The summed E-state index contributed by atoms with van der Waals surface area (Å²) >= 11 is 0. The van der Waals surface area contributed by atoms with Crippen LogP contribution in [0, 0.1) is 0 Å². The molecule has 9 heteroatoms. The molecule has 0 aliphatic carbocycles. The molecule has 9 nitrogen and oxygen atoms in total. The summed E-state index contributed by atoms with van der Waals surface area (Å²) in [5, 5.41) is 54.1. The van der Waals surface area contributed by atoms with E-state index in [1.165, 1.54) is 173 Å². The molecule has 1 heterocycles. The van der Waals surface area contributed by atoms with Crippen molar-refractivity contribution < 1.29 is 39.8 Å². The summed E-state index contributed by atoms with van der Waals surface area (Å²) in [6, 6.07) is -0.799. The molecule has 348 valence electrons. The van der Waals surface area contributed by atoms with Gasteiger partial charge in [-0.05, 0) is 44.9 Å². The maximum atomic E-state index is 12.9. The first-order chi connectivity index (χ1) is 28.8. The summed E-state index contributed by atoms with van der Waals surface area (Å²) < 4.78 is 11.2. The van der Waals surface area contributed by atoms with E-state index in [1.807, 2.05) is 6.08 Å². The monoisotopic (exact) mass is 838 g/mol. The fraction of sp³-hybridized carbons (Fsp3) is 0.900. The van der Waals surface area contributed by atoms with Crippen molar-refractivity contribution in [1.29, 1.82) is 0 Å². The van der Waals surface area contributed by atoms with Gasteiger partial charge in [-0.2, -0.15) is 0 Å². The highest BCUT2D eigenvalue weighted by Crippen LogP contribution is 2.23. The molecule has 7 atom stereocenters. The van der Waals surface area contributed by atoms with Crippen molar-refractivity contribution in [3.8, 4) is 0 Å². The zero-order valence-electron chi connectivity index (χ0n) is 38.3. The molecule has 1 aliphatic heterocycles. The summed E-state index contributed by atoms with van der Waals surface area (Å²) in [6.07, 6.45) is 42.5. The molecule has 7 unspecified atom stereocenters. The summed E-state index contributed by atoms with van der Waals surface area (Å²) in [4.78, 5) is 12.9. The number of carbonyl (C=O) groups excluding carboxylic acids is 1. The molecule has 1 rings (SSSR count). The standard InChI is InChI=1S/C50H95NO8/c1-3-5-7-9-11-13-14-15-16-17-18-19-20-21-22-23-24-25-26-27-28-29-30-32-34-36-38-40-46(54)51-43(44(53)39-37-35-33-31-12-10-8-6-4-2)42-58-50-49(57)48(56)47(55)45(41-52)59-50/h17-18,37,39,43-45,47-50,52-53,55-57H,3-16,19-36,38,40-42H2,1-2H3,(H,51,54)/b18-17-,39-37+. The molecule has 0 bridgehead atoms. The average Bonchev–Trinajstić information content (AvgIpc) is 3.23. The van der Waals surface area contributed by atoms with Gasteiger partial charge in [0.2, 0.25) is 5.91 Å². The number of allylic oxidation sites excluding steroid dienone is 3. The predicted molar refractivity (Wildman–Crippen MR) is 244 cm³/mol. The number of carbonyl (C=O) groups is 1. The van der Waals surface area contributed by atoms with E-state index in [-0.39, 0.29) is 12.5 Å². The number of nitrogens with one attached hydrogen (secondary N) is 1. The van der Waals surface area contributed by atoms with E-state index in [1.54, 1.807) is 6.08 Å². The molecular weight excluding hydrogens is 743 g/mol. The summed E-state index contributed by atoms with van der Waals surface area (Å²) in [7, 11) is 0. The van der Waals surface area contributed by atoms with Crippen molar-refractivity contribution in [3.63, 3.8) is 0 Å². The van der Waals surface area contributed by atoms with E-state index in [2.05, 4.69) is 31.3 Å². The number of rotatable bonds is 42. The van der Waals surface area contributed by atoms with E-state index in [9.17, 15) is 30.3 Å². The molecule has 1 saturated heterocycles. The minimum Gasteiger partial charge on any atom is -0.394 e. The Kier molecular flexibility index (Phi) is 38.4. The van der Waals surface area contributed by atoms with Gasteiger partial charge in [0.15, 0.2) is 6.29 Å². The van der Waals surface area contributed by atoms with E-state index in [4.69, 9.17) is 9.47 Å². The molecule has 1 amide bonds. The van der Waals surface area contributed by atoms with E-state index in [0.29, 0.717) is 6.42 Å². The molecule has 59 heavy (non-hydrogen) atoms. The molecule has 1 fully saturated rings. The van der Waals surface area contributed by atoms with Crippen molar-refractivity contribution in [3.05, 3.63) is 24.3 Å². The van der Waals surface area contributed by atoms with Gasteiger partial charge in [0.1, 0.15) is 24.4 Å². The number of aliphatic hydroxyl groups excluding tert-OH is 5. The predicted octanol–water partition coefficient (Wildman–Crippen LogP) is 11.1. The van der Waals surface area contributed by atoms with E-state index >= 15 is 0 Å². The van der Waals surface area contributed by atoms with Crippen LogP contribution in [-0.4, -0.2) is 87.5 Å². The van der Waals surface area contributed by atoms with Crippen LogP contribution in [0.5, 0.6) is 0 Å². The van der Waals surface area contributed by atoms with Gasteiger partial charge in [-0.3, -0.25) is 4.79 Å². The van der Waals surface area contributed by atoms with Crippen LogP contribution in [0.15, 0.2) is 24.3 Å². The van der Waals surface area contributed by atoms with Crippen LogP contribution < -0.4 is 5.32 Å². The third-order valence-electron chi connectivity index (χ3n) is 12.0. The largest absolute Gasteiger partial charge is 0.394 e. The molecule has 1 aliphatic rings. The van der Waals surface area contributed by atoms with Crippen LogP contribution in [0.25, 0.3) is 0 Å². The normalized spacial score (nSPS) is 20.8. The number of ether oxygens (including phenoxy) is 2. The van der Waals surface area contributed by atoms with Crippen molar-refractivity contribution in [2.75, 3.05) is 13.2 Å². The highest BCUT2D eigenvalue weighted by Gasteiger charge is 2.44. The lowest BCUT2D eigenvalue weighted by Gasteiger charge is -2.40. The highest BCUT2D eigenvalue weighted by atomic mass is 16.7. The Hall–Kier alpha value is -1.33. The zero-order chi connectivity index (χ0) is 43.0. The second kappa shape index (κ2) is 40.7. The quantitative estimate of drug-likeness (QED) is 0.0263. The van der Waals surface area contributed by atoms with Crippen LogP contribution >= 0.6 is 0 Å². The van der Waals surface area contributed by atoms with Crippen LogP contribution in [0.2, 0.25) is 0 Å². The lowest BCUT2D eigenvalue weighted by atomic mass is 9.99. The maximum Gasteiger partial charge on any atom is 0.220 e. The maximum absolute atomic E-state index is 12.9. The Morgan fingerprint density at radius 1 is 0.559 bits per heavy atom. The first kappa shape index (κ1) is 55.7. The Morgan fingerprint density at radius 3 is 1.37 bits per heavy atom. The van der Waals surface area contributed by atoms with Crippen LogP contribution in [-0.2, 0) is 14.3 Å². The summed E-state index contributed by atoms with van der Waals surface area (Å²) in [5.41, 5.74) is 0. The van der Waals surface area contributed by atoms with E-state index < -0.39 is 49.5 Å². The Labute approximate surface area is 362 Å². The van der Waals surface area contributed by atoms with Gasteiger partial charge >= 0.3 is 0 Å². The Morgan fingerprint density at radius 2 is 0.949 bits per heavy atom. The van der Waals surface area contributed by atoms with Crippen molar-refractivity contribution >= 4 is 5.91 Å². The fourth-order valence-corrected chi connectivity index (χ4v) is 7.97. The van der Waals surface area contributed by atoms with Gasteiger partial charge < -0.3 is 40.3 Å². The van der Waals surface area contributed by atoms with Gasteiger partial charge in [0, 0.05) is 6.42 Å². The first-order valence-corrected chi connectivity index (χ1v) is 25.1. The second-order valence-electron chi connectivity index (χ2n) is 17.6. The number of hydrogen-bond acceptors (Lipinski definition) is 8. The van der Waals surface area contributed by atoms with Crippen molar-refractivity contribution in [1.82, 2.24) is 5.32 Å². The first-order valence-electron chi connectivity index (χ1n) is 25.1. The molecule has 0 aromatic rings. The molecule has 0 radical (unpaired) electrons. The van der Waals surface area contributed by atoms with E-state index in [0.717, 1.165) is 38.5 Å². The second-order valence-corrected chi connectivity index (χ2v) is 17.6. The van der Waals surface area contributed by atoms with Crippen molar-refractivity contribution in [2.45, 2.75) is 275 Å². The van der Waals surface area contributed by atoms with Crippen LogP contribution in [0.3, 0.4) is 0 Å². The average molecular weight is 838 g/mol. The van der Waals surface area contributed by atoms with Gasteiger partial charge in [0.25, 0.3) is 0 Å². The molecule has 0 aromatic carbocycles. The lowest BCUT2D eigenvalue weighted by molar-refractivity contribution is -0.302. The third-order valence-corrected chi connectivity index (χ3v) is 12.0. The van der Waals surface area contributed by atoms with Crippen molar-refractivity contribution in [2.24, 2.45) is 0 Å². The highest BCUT2D eigenvalue weighted by molar-refractivity contribution is 5.76. The zero-order valence-corrected chi connectivity index (χ0v) is 38.3. The van der Waals surface area contributed by atoms with Crippen LogP contribution in [0.4, 0.5) is 0 Å². The molecular formula is C50H95NO8. The fourth-order valence-electron chi connectivity index (χ4n) is 7.97. The number of unbranched alkanes of at least 4 members (excludes halogenated alkanes) is 30. The van der Waals surface area contributed by atoms with Gasteiger partial charge in [0.05, 0.1) is 25.4 Å². The molecule has 0 saturated carbocycles. The number of aliphatic hydroxyl groups is 5. The summed E-state index contributed by atoms with van der Waals surface area (Å²) in [6.45, 7) is 3.75. The van der Waals surface area contributed by atoms with Gasteiger partial charge in [-0.15, -0.1) is 0 Å². The Bertz CT molecular complexity index is 977. The lowest BCUT2D eigenvalue weighted by Crippen LogP contribution is -2.60.